The van der Waals surface area contributed by atoms with Crippen LogP contribution < -0.4 is 0 Å². The Balaban J connectivity index is 1.78. The molecule has 2 aromatic carbocycles. The molecule has 0 saturated carbocycles. The number of carbonyl (C=O) groups excluding carboxylic acids is 1. The van der Waals surface area contributed by atoms with Gasteiger partial charge in [0.15, 0.2) is 5.82 Å². The largest absolute Gasteiger partial charge is 0.337 e. The third-order valence-electron chi connectivity index (χ3n) is 4.71. The molecule has 2 heterocycles. The lowest BCUT2D eigenvalue weighted by molar-refractivity contribution is 0.0784. The molecule has 1 amide bonds. The quantitative estimate of drug-likeness (QED) is 0.527. The molecule has 0 saturated heterocycles. The van der Waals surface area contributed by atoms with E-state index in [9.17, 15) is 4.79 Å². The molecule has 2 aromatic heterocycles. The van der Waals surface area contributed by atoms with Gasteiger partial charge in [-0.1, -0.05) is 48.5 Å². The zero-order valence-electron chi connectivity index (χ0n) is 16.0. The van der Waals surface area contributed by atoms with Crippen molar-refractivity contribution in [1.82, 2.24) is 19.2 Å². The molecule has 0 fully saturated rings. The van der Waals surface area contributed by atoms with Gasteiger partial charge in [-0.2, -0.15) is 5.10 Å². The van der Waals surface area contributed by atoms with E-state index in [4.69, 9.17) is 5.10 Å². The predicted molar refractivity (Wildman–Crippen MR) is 110 cm³/mol. The summed E-state index contributed by atoms with van der Waals surface area (Å²) < 4.78 is 3.77. The van der Waals surface area contributed by atoms with Crippen LogP contribution in [-0.2, 0) is 6.54 Å². The smallest absolute Gasteiger partial charge is 0.259 e. The highest BCUT2D eigenvalue weighted by Gasteiger charge is 2.26. The minimum Gasteiger partial charge on any atom is -0.337 e. The Morgan fingerprint density at radius 1 is 0.929 bits per heavy atom. The number of para-hydroxylation sites is 1. The summed E-state index contributed by atoms with van der Waals surface area (Å²) in [5, 5.41) is 4.70. The molecule has 0 aliphatic heterocycles. The summed E-state index contributed by atoms with van der Waals surface area (Å²) in [5.74, 6) is 0.700. The number of amides is 1. The predicted octanol–water partition coefficient (Wildman–Crippen LogP) is 4.24. The maximum atomic E-state index is 13.4. The van der Waals surface area contributed by atoms with Crippen molar-refractivity contribution >= 4 is 5.91 Å². The Labute approximate surface area is 164 Å². The molecule has 5 nitrogen and oxygen atoms in total. The lowest BCUT2D eigenvalue weighted by atomic mass is 10.1. The van der Waals surface area contributed by atoms with Gasteiger partial charge < -0.3 is 9.47 Å². The van der Waals surface area contributed by atoms with Crippen molar-refractivity contribution in [3.8, 4) is 11.5 Å². The number of hydrogen-bond acceptors (Lipinski definition) is 2. The van der Waals surface area contributed by atoms with Crippen molar-refractivity contribution in [2.75, 3.05) is 7.05 Å². The number of rotatable bonds is 5. The van der Waals surface area contributed by atoms with Crippen molar-refractivity contribution in [2.45, 2.75) is 13.5 Å². The van der Waals surface area contributed by atoms with E-state index < -0.39 is 0 Å². The molecular formula is C23H22N4O. The average molecular weight is 370 g/mol. The molecule has 4 rings (SSSR count). The van der Waals surface area contributed by atoms with Gasteiger partial charge in [0.2, 0.25) is 0 Å². The SMILES string of the molecule is Cc1nn(-c2ccccc2)c(-n2cccc2)c1C(=O)N(C)Cc1ccccc1. The van der Waals surface area contributed by atoms with E-state index in [0.29, 0.717) is 17.8 Å². The third-order valence-corrected chi connectivity index (χ3v) is 4.71. The second kappa shape index (κ2) is 7.56. The van der Waals surface area contributed by atoms with E-state index in [2.05, 4.69) is 0 Å². The molecule has 0 aliphatic rings. The summed E-state index contributed by atoms with van der Waals surface area (Å²) in [6, 6.07) is 23.8. The summed E-state index contributed by atoms with van der Waals surface area (Å²) >= 11 is 0. The summed E-state index contributed by atoms with van der Waals surface area (Å²) in [5.41, 5.74) is 3.32. The van der Waals surface area contributed by atoms with Gasteiger partial charge in [-0.3, -0.25) is 4.79 Å². The molecule has 140 valence electrons. The van der Waals surface area contributed by atoms with Crippen LogP contribution >= 0.6 is 0 Å². The number of carbonyl (C=O) groups is 1. The Morgan fingerprint density at radius 2 is 1.54 bits per heavy atom. The van der Waals surface area contributed by atoms with E-state index in [1.54, 1.807) is 4.90 Å². The van der Waals surface area contributed by atoms with Crippen LogP contribution in [0.15, 0.2) is 85.2 Å². The van der Waals surface area contributed by atoms with Gasteiger partial charge in [0.1, 0.15) is 5.56 Å². The van der Waals surface area contributed by atoms with Gasteiger partial charge >= 0.3 is 0 Å². The lowest BCUT2D eigenvalue weighted by Gasteiger charge is -2.18. The highest BCUT2D eigenvalue weighted by atomic mass is 16.2. The van der Waals surface area contributed by atoms with E-state index in [-0.39, 0.29) is 5.91 Å². The number of aromatic nitrogens is 3. The first-order valence-corrected chi connectivity index (χ1v) is 9.23. The van der Waals surface area contributed by atoms with Crippen LogP contribution in [0.3, 0.4) is 0 Å². The Bertz CT molecular complexity index is 1070. The first-order chi connectivity index (χ1) is 13.6. The number of aryl methyl sites for hydroxylation is 1. The summed E-state index contributed by atoms with van der Waals surface area (Å²) in [6.07, 6.45) is 3.87. The van der Waals surface area contributed by atoms with Crippen LogP contribution in [0.25, 0.3) is 11.5 Å². The summed E-state index contributed by atoms with van der Waals surface area (Å²) in [6.45, 7) is 2.43. The maximum Gasteiger partial charge on any atom is 0.259 e. The van der Waals surface area contributed by atoms with Gasteiger partial charge in [0.25, 0.3) is 5.91 Å². The monoisotopic (exact) mass is 370 g/mol. The van der Waals surface area contributed by atoms with Gasteiger partial charge in [0, 0.05) is 26.0 Å². The highest BCUT2D eigenvalue weighted by molar-refractivity contribution is 5.98. The molecule has 0 atom stereocenters. The average Bonchev–Trinajstić information content (AvgIpc) is 3.36. The maximum absolute atomic E-state index is 13.4. The molecule has 0 N–H and O–H groups in total. The van der Waals surface area contributed by atoms with Crippen LogP contribution in [0.2, 0.25) is 0 Å². The van der Waals surface area contributed by atoms with Crippen LogP contribution in [0, 0.1) is 6.92 Å². The summed E-state index contributed by atoms with van der Waals surface area (Å²) in [7, 11) is 1.83. The standard InChI is InChI=1S/C23H22N4O/c1-18-21(23(28)25(2)17-19-11-5-3-6-12-19)22(26-15-9-10-16-26)27(24-18)20-13-7-4-8-14-20/h3-16H,17H2,1-2H3. The van der Waals surface area contributed by atoms with Crippen LogP contribution in [0.1, 0.15) is 21.6 Å². The van der Waals surface area contributed by atoms with Crippen LogP contribution in [-0.4, -0.2) is 32.2 Å². The number of hydrogen-bond donors (Lipinski definition) is 0. The summed E-state index contributed by atoms with van der Waals surface area (Å²) in [4.78, 5) is 15.1. The first kappa shape index (κ1) is 17.8. The Hall–Kier alpha value is -3.60. The van der Waals surface area contributed by atoms with E-state index in [0.717, 1.165) is 17.1 Å². The fraction of sp³-hybridized carbons (Fsp3) is 0.130. The molecule has 28 heavy (non-hydrogen) atoms. The second-order valence-corrected chi connectivity index (χ2v) is 6.77. The zero-order valence-corrected chi connectivity index (χ0v) is 16.0. The molecule has 5 heteroatoms. The first-order valence-electron chi connectivity index (χ1n) is 9.23. The normalized spacial score (nSPS) is 10.8. The number of nitrogens with zero attached hydrogens (tertiary/aromatic N) is 4. The topological polar surface area (TPSA) is 43.1 Å². The molecule has 4 aromatic rings. The van der Waals surface area contributed by atoms with Gasteiger partial charge in [-0.05, 0) is 36.8 Å². The van der Waals surface area contributed by atoms with Crippen molar-refractivity contribution in [3.05, 3.63) is 102 Å². The lowest BCUT2D eigenvalue weighted by Crippen LogP contribution is -2.27. The van der Waals surface area contributed by atoms with E-state index >= 15 is 0 Å². The molecule has 0 unspecified atom stereocenters. The van der Waals surface area contributed by atoms with E-state index in [1.165, 1.54) is 0 Å². The van der Waals surface area contributed by atoms with Crippen molar-refractivity contribution in [1.29, 1.82) is 0 Å². The fourth-order valence-electron chi connectivity index (χ4n) is 3.35. The molecule has 0 aliphatic carbocycles. The highest BCUT2D eigenvalue weighted by Crippen LogP contribution is 2.24. The van der Waals surface area contributed by atoms with Gasteiger partial charge in [-0.25, -0.2) is 4.68 Å². The minimum absolute atomic E-state index is 0.0489. The van der Waals surface area contributed by atoms with Crippen molar-refractivity contribution in [3.63, 3.8) is 0 Å². The van der Waals surface area contributed by atoms with Crippen molar-refractivity contribution < 1.29 is 4.79 Å². The third kappa shape index (κ3) is 3.34. The van der Waals surface area contributed by atoms with Gasteiger partial charge in [0.05, 0.1) is 11.4 Å². The minimum atomic E-state index is -0.0489. The van der Waals surface area contributed by atoms with E-state index in [1.807, 2.05) is 108 Å². The Morgan fingerprint density at radius 3 is 2.18 bits per heavy atom. The van der Waals surface area contributed by atoms with Crippen LogP contribution in [0.4, 0.5) is 0 Å². The molecule has 0 radical (unpaired) electrons. The molecule has 0 spiro atoms. The molecular weight excluding hydrogens is 348 g/mol. The molecule has 0 bridgehead atoms. The second-order valence-electron chi connectivity index (χ2n) is 6.77. The number of benzene rings is 2. The van der Waals surface area contributed by atoms with Crippen molar-refractivity contribution in [2.24, 2.45) is 0 Å². The van der Waals surface area contributed by atoms with Crippen LogP contribution in [0.5, 0.6) is 0 Å². The Kier molecular flexibility index (Phi) is 4.81. The fourth-order valence-corrected chi connectivity index (χ4v) is 3.35. The van der Waals surface area contributed by atoms with Gasteiger partial charge in [-0.15, -0.1) is 0 Å². The zero-order chi connectivity index (χ0) is 19.5.